The van der Waals surface area contributed by atoms with Gasteiger partial charge in [0.1, 0.15) is 17.5 Å². The molecule has 8 heteroatoms. The number of carbonyl (C=O) groups is 4. The molecule has 0 spiro atoms. The monoisotopic (exact) mass is 403 g/mol. The molecule has 29 heavy (non-hydrogen) atoms. The Hall–Kier alpha value is -2.90. The molecule has 2 aliphatic rings. The van der Waals surface area contributed by atoms with Gasteiger partial charge in [-0.2, -0.15) is 0 Å². The molecular formula is C21H25NO7. The van der Waals surface area contributed by atoms with Crippen LogP contribution in [0.2, 0.25) is 0 Å². The highest BCUT2D eigenvalue weighted by atomic mass is 16.5. The summed E-state index contributed by atoms with van der Waals surface area (Å²) in [5, 5.41) is 0. The van der Waals surface area contributed by atoms with Crippen LogP contribution in [-0.2, 0) is 19.1 Å². The van der Waals surface area contributed by atoms with Crippen molar-refractivity contribution in [3.63, 3.8) is 0 Å². The zero-order valence-corrected chi connectivity index (χ0v) is 16.8. The van der Waals surface area contributed by atoms with Crippen LogP contribution >= 0.6 is 0 Å². The van der Waals surface area contributed by atoms with E-state index in [0.717, 1.165) is 17.7 Å². The van der Waals surface area contributed by atoms with E-state index in [1.807, 2.05) is 0 Å². The van der Waals surface area contributed by atoms with Crippen molar-refractivity contribution in [1.29, 1.82) is 0 Å². The Morgan fingerprint density at radius 2 is 1.69 bits per heavy atom. The quantitative estimate of drug-likeness (QED) is 0.390. The zero-order valence-electron chi connectivity index (χ0n) is 16.8. The van der Waals surface area contributed by atoms with Gasteiger partial charge in [0.05, 0.1) is 31.6 Å². The summed E-state index contributed by atoms with van der Waals surface area (Å²) in [7, 11) is 2.92. The summed E-state index contributed by atoms with van der Waals surface area (Å²) in [6, 6.07) is 3.62. The molecule has 1 heterocycles. The standard InChI is InChI=1S/C21H25NO7/c1-12(22-19(24)14-6-4-5-7-15(14)20(22)25)21(26)29-11-17(23)16-9-8-13(27-2)10-18(16)28-3/h8-10,12,14-15H,4-7,11H2,1-3H3/t12-,14-,15-/m0/s1. The minimum absolute atomic E-state index is 0.244. The molecule has 2 fully saturated rings. The predicted octanol–water partition coefficient (Wildman–Crippen LogP) is 1.99. The van der Waals surface area contributed by atoms with Crippen LogP contribution in [-0.4, -0.2) is 55.3 Å². The Morgan fingerprint density at radius 3 is 2.24 bits per heavy atom. The summed E-state index contributed by atoms with van der Waals surface area (Å²) in [6.07, 6.45) is 3.16. The highest BCUT2D eigenvalue weighted by molar-refractivity contribution is 6.08. The number of nitrogens with zero attached hydrogens (tertiary/aromatic N) is 1. The van der Waals surface area contributed by atoms with Crippen molar-refractivity contribution in [3.8, 4) is 11.5 Å². The van der Waals surface area contributed by atoms with E-state index in [2.05, 4.69) is 0 Å². The van der Waals surface area contributed by atoms with Gasteiger partial charge < -0.3 is 14.2 Å². The van der Waals surface area contributed by atoms with Gasteiger partial charge in [-0.3, -0.25) is 19.3 Å². The lowest BCUT2D eigenvalue weighted by molar-refractivity contribution is -0.157. The van der Waals surface area contributed by atoms with Gasteiger partial charge in [-0.1, -0.05) is 12.8 Å². The van der Waals surface area contributed by atoms with Crippen LogP contribution in [0.1, 0.15) is 43.0 Å². The van der Waals surface area contributed by atoms with Gasteiger partial charge in [0.25, 0.3) is 0 Å². The van der Waals surface area contributed by atoms with Crippen molar-refractivity contribution in [2.45, 2.75) is 38.6 Å². The lowest BCUT2D eigenvalue weighted by Gasteiger charge is -2.21. The third kappa shape index (κ3) is 3.97. The van der Waals surface area contributed by atoms with Gasteiger partial charge in [-0.05, 0) is 31.9 Å². The second-order valence-corrected chi connectivity index (χ2v) is 7.32. The Morgan fingerprint density at radius 1 is 1.07 bits per heavy atom. The first-order chi connectivity index (χ1) is 13.9. The molecule has 156 valence electrons. The molecule has 0 bridgehead atoms. The number of ketones is 1. The third-order valence-corrected chi connectivity index (χ3v) is 5.66. The number of hydrogen-bond acceptors (Lipinski definition) is 7. The van der Waals surface area contributed by atoms with E-state index in [1.54, 1.807) is 12.1 Å². The van der Waals surface area contributed by atoms with Crippen molar-refractivity contribution in [2.24, 2.45) is 11.8 Å². The van der Waals surface area contributed by atoms with Crippen LogP contribution in [0.3, 0.4) is 0 Å². The largest absolute Gasteiger partial charge is 0.497 e. The van der Waals surface area contributed by atoms with Gasteiger partial charge in [0.15, 0.2) is 6.61 Å². The molecule has 1 aliphatic heterocycles. The van der Waals surface area contributed by atoms with Gasteiger partial charge in [-0.25, -0.2) is 4.79 Å². The first kappa shape index (κ1) is 20.8. The number of benzene rings is 1. The Kier molecular flexibility index (Phi) is 6.20. The number of hydrogen-bond donors (Lipinski definition) is 0. The molecule has 3 atom stereocenters. The van der Waals surface area contributed by atoms with Crippen molar-refractivity contribution in [2.75, 3.05) is 20.8 Å². The molecule has 1 aromatic rings. The fourth-order valence-corrected chi connectivity index (χ4v) is 4.04. The molecule has 8 nitrogen and oxygen atoms in total. The summed E-state index contributed by atoms with van der Waals surface area (Å²) >= 11 is 0. The van der Waals surface area contributed by atoms with Gasteiger partial charge in [0.2, 0.25) is 17.6 Å². The highest BCUT2D eigenvalue weighted by Crippen LogP contribution is 2.39. The second-order valence-electron chi connectivity index (χ2n) is 7.32. The van der Waals surface area contributed by atoms with Crippen LogP contribution in [0.5, 0.6) is 11.5 Å². The van der Waals surface area contributed by atoms with Crippen molar-refractivity contribution in [3.05, 3.63) is 23.8 Å². The number of imide groups is 1. The lowest BCUT2D eigenvalue weighted by atomic mass is 9.81. The first-order valence-corrected chi connectivity index (χ1v) is 9.67. The number of ether oxygens (including phenoxy) is 3. The van der Waals surface area contributed by atoms with Crippen LogP contribution in [0.4, 0.5) is 0 Å². The summed E-state index contributed by atoms with van der Waals surface area (Å²) in [5.74, 6) is -1.72. The molecular weight excluding hydrogens is 378 g/mol. The SMILES string of the molecule is COc1ccc(C(=O)COC(=O)[C@H](C)N2C(=O)[C@H]3CCCC[C@@H]3C2=O)c(OC)c1. The molecule has 3 rings (SSSR count). The lowest BCUT2D eigenvalue weighted by Crippen LogP contribution is -2.44. The number of esters is 1. The van der Waals surface area contributed by atoms with E-state index in [0.29, 0.717) is 24.3 Å². The first-order valence-electron chi connectivity index (χ1n) is 9.67. The van der Waals surface area contributed by atoms with E-state index in [4.69, 9.17) is 14.2 Å². The molecule has 1 aliphatic carbocycles. The number of likely N-dealkylation sites (tertiary alicyclic amines) is 1. The number of Topliss-reactive ketones (excluding diaryl/α,β-unsaturated/α-hetero) is 1. The minimum atomic E-state index is -1.06. The Balaban J connectivity index is 1.64. The second kappa shape index (κ2) is 8.63. The highest BCUT2D eigenvalue weighted by Gasteiger charge is 2.51. The van der Waals surface area contributed by atoms with Crippen molar-refractivity contribution in [1.82, 2.24) is 4.90 Å². The van der Waals surface area contributed by atoms with Gasteiger partial charge >= 0.3 is 5.97 Å². The van der Waals surface area contributed by atoms with Gasteiger partial charge in [0, 0.05) is 6.07 Å². The Bertz CT molecular complexity index is 810. The maximum Gasteiger partial charge on any atom is 0.329 e. The van der Waals surface area contributed by atoms with E-state index in [-0.39, 0.29) is 29.2 Å². The predicted molar refractivity (Wildman–Crippen MR) is 102 cm³/mol. The average molecular weight is 403 g/mol. The summed E-state index contributed by atoms with van der Waals surface area (Å²) in [5.41, 5.74) is 0.244. The van der Waals surface area contributed by atoms with Crippen LogP contribution in [0.25, 0.3) is 0 Å². The zero-order chi connectivity index (χ0) is 21.1. The van der Waals surface area contributed by atoms with Crippen LogP contribution < -0.4 is 9.47 Å². The van der Waals surface area contributed by atoms with Crippen LogP contribution in [0, 0.1) is 11.8 Å². The fourth-order valence-electron chi connectivity index (χ4n) is 4.04. The number of rotatable bonds is 7. The van der Waals surface area contributed by atoms with E-state index < -0.39 is 24.4 Å². The molecule has 1 aromatic carbocycles. The normalized spacial score (nSPS) is 22.1. The maximum absolute atomic E-state index is 12.6. The van der Waals surface area contributed by atoms with E-state index >= 15 is 0 Å². The Labute approximate surface area is 169 Å². The molecule has 0 aromatic heterocycles. The average Bonchev–Trinajstić information content (AvgIpc) is 3.01. The molecule has 0 unspecified atom stereocenters. The molecule has 2 amide bonds. The van der Waals surface area contributed by atoms with Crippen molar-refractivity contribution >= 4 is 23.6 Å². The smallest absolute Gasteiger partial charge is 0.329 e. The molecule has 0 N–H and O–H groups in total. The van der Waals surface area contributed by atoms with Crippen molar-refractivity contribution < 1.29 is 33.4 Å². The minimum Gasteiger partial charge on any atom is -0.497 e. The molecule has 0 radical (unpaired) electrons. The summed E-state index contributed by atoms with van der Waals surface area (Å²) < 4.78 is 15.4. The van der Waals surface area contributed by atoms with Crippen LogP contribution in [0.15, 0.2) is 18.2 Å². The molecule has 1 saturated carbocycles. The topological polar surface area (TPSA) is 99.2 Å². The number of amides is 2. The maximum atomic E-state index is 12.6. The van der Waals surface area contributed by atoms with E-state index in [9.17, 15) is 19.2 Å². The summed E-state index contributed by atoms with van der Waals surface area (Å²) in [4.78, 5) is 51.1. The number of methoxy groups -OCH3 is 2. The fraction of sp³-hybridized carbons (Fsp3) is 0.524. The molecule has 1 saturated heterocycles. The number of carbonyl (C=O) groups excluding carboxylic acids is 4. The van der Waals surface area contributed by atoms with E-state index in [1.165, 1.54) is 27.2 Å². The third-order valence-electron chi connectivity index (χ3n) is 5.66. The van der Waals surface area contributed by atoms with Gasteiger partial charge in [-0.15, -0.1) is 0 Å². The summed E-state index contributed by atoms with van der Waals surface area (Å²) in [6.45, 7) is 0.933. The number of fused-ring (bicyclic) bond motifs is 1.